The molecule has 294 valence electrons. The van der Waals surface area contributed by atoms with Gasteiger partial charge in [-0.1, -0.05) is 50.1 Å². The number of carbonyl (C=O) groups is 1. The largest absolute Gasteiger partial charge is 0.491 e. The zero-order chi connectivity index (χ0) is 38.1. The number of ether oxygens (including phenoxy) is 3. The summed E-state index contributed by atoms with van der Waals surface area (Å²) in [5.74, 6) is 2.38. The summed E-state index contributed by atoms with van der Waals surface area (Å²) >= 11 is 6.48. The number of nitrogens with one attached hydrogen (secondary N) is 1. The molecule has 2 aromatic carbocycles. The Morgan fingerprint density at radius 2 is 1.83 bits per heavy atom. The smallest absolute Gasteiger partial charge is 0.263 e. The molecular weight excluding hydrogens is 708 g/mol. The number of halogens is 1. The van der Waals surface area contributed by atoms with E-state index in [1.165, 1.54) is 24.0 Å². The van der Waals surface area contributed by atoms with Crippen molar-refractivity contribution in [2.45, 2.75) is 70.1 Å². The van der Waals surface area contributed by atoms with Crippen molar-refractivity contribution in [2.75, 3.05) is 85.8 Å². The van der Waals surface area contributed by atoms with E-state index in [0.29, 0.717) is 36.0 Å². The Hall–Kier alpha value is -2.47. The summed E-state index contributed by atoms with van der Waals surface area (Å²) in [6.07, 6.45) is 10.1. The molecule has 7 atom stereocenters. The predicted octanol–water partition coefficient (Wildman–Crippen LogP) is 6.82. The fourth-order valence-corrected chi connectivity index (χ4v) is 9.48. The Bertz CT molecular complexity index is 1550. The van der Waals surface area contributed by atoms with Crippen LogP contribution in [0.4, 0.5) is 5.69 Å². The van der Waals surface area contributed by atoms with Crippen LogP contribution < -0.4 is 14.4 Å². The van der Waals surface area contributed by atoms with Crippen LogP contribution in [0.2, 0.25) is 5.02 Å². The standard InChI is InChI=1S/C40H57ClN4O4S.C2H6O/c1-6-8-29-19-34(41)13-15-36(29)33-23-45-22-32-11-14-37(32)31(21-44-24-35(25-44)43(4)17-18-48-5)10-7-9-27(2)28(3)50(47)42-40(46)30-12-16-39(49-26-33)38(45)20-30;1-3-2/h7,10,12-13,15-16,19-20,27-28,31-33,35,37H,6,8-9,11,14,17-18,21-26H2,1-5H3,(H,42,46);1-2H3/b10-7+;. The molecular formula is C42H63ClN4O5S. The molecule has 0 aromatic heterocycles. The van der Waals surface area contributed by atoms with Gasteiger partial charge >= 0.3 is 0 Å². The lowest BCUT2D eigenvalue weighted by Crippen LogP contribution is -2.60. The first-order valence-electron chi connectivity index (χ1n) is 19.6. The second-order valence-electron chi connectivity index (χ2n) is 15.7. The molecule has 1 saturated heterocycles. The Labute approximate surface area is 326 Å². The lowest BCUT2D eigenvalue weighted by atomic mass is 9.66. The summed E-state index contributed by atoms with van der Waals surface area (Å²) in [7, 11) is 5.73. The fourth-order valence-electron chi connectivity index (χ4n) is 8.26. The molecule has 2 bridgehead atoms. The van der Waals surface area contributed by atoms with Crippen LogP contribution in [0.15, 0.2) is 48.6 Å². The Kier molecular flexibility index (Phi) is 15.7. The van der Waals surface area contributed by atoms with Gasteiger partial charge in [-0.15, -0.1) is 0 Å². The summed E-state index contributed by atoms with van der Waals surface area (Å²) < 4.78 is 32.3. The number of aryl methyl sites for hydroxylation is 1. The normalized spacial score (nSPS) is 28.7. The number of benzene rings is 2. The number of allylic oxidation sites excluding steroid dienone is 1. The molecule has 11 heteroatoms. The van der Waals surface area contributed by atoms with Gasteiger partial charge in [0.1, 0.15) is 16.7 Å². The van der Waals surface area contributed by atoms with Crippen LogP contribution in [0.5, 0.6) is 5.75 Å². The number of anilines is 1. The van der Waals surface area contributed by atoms with Crippen LogP contribution in [0.1, 0.15) is 73.9 Å². The molecule has 1 saturated carbocycles. The second-order valence-corrected chi connectivity index (χ2v) is 17.7. The number of rotatable bonds is 9. The minimum Gasteiger partial charge on any atom is -0.491 e. The monoisotopic (exact) mass is 770 g/mol. The minimum absolute atomic E-state index is 0.154. The van der Waals surface area contributed by atoms with E-state index in [1.807, 2.05) is 31.2 Å². The molecule has 1 amide bonds. The van der Waals surface area contributed by atoms with Crippen LogP contribution in [-0.4, -0.2) is 112 Å². The van der Waals surface area contributed by atoms with Crippen molar-refractivity contribution in [1.82, 2.24) is 14.5 Å². The zero-order valence-electron chi connectivity index (χ0n) is 33.0. The maximum Gasteiger partial charge on any atom is 0.263 e. The number of likely N-dealkylation sites (tertiary alicyclic amines) is 1. The zero-order valence-corrected chi connectivity index (χ0v) is 34.6. The SMILES string of the molecule is CCCc1cc(Cl)ccc1C1COc2ccc3cc2N(C1)CC1CCC1C(CN1CC(N(C)CCOC)C1)/C=C/CC(C)C(C)S(=O)NC3=O.COC. The summed E-state index contributed by atoms with van der Waals surface area (Å²) in [6, 6.07) is 12.6. The van der Waals surface area contributed by atoms with E-state index in [9.17, 15) is 9.00 Å². The van der Waals surface area contributed by atoms with Gasteiger partial charge in [0.2, 0.25) is 0 Å². The number of hydrogen-bond acceptors (Lipinski definition) is 8. The third-order valence-electron chi connectivity index (χ3n) is 11.9. The van der Waals surface area contributed by atoms with Crippen LogP contribution in [-0.2, 0) is 26.9 Å². The quantitative estimate of drug-likeness (QED) is 0.279. The number of amides is 1. The van der Waals surface area contributed by atoms with E-state index in [2.05, 4.69) is 69.3 Å². The average molecular weight is 772 g/mol. The van der Waals surface area contributed by atoms with Gasteiger partial charge in [0, 0.05) is 83.1 Å². The van der Waals surface area contributed by atoms with Crippen molar-refractivity contribution in [3.05, 3.63) is 70.3 Å². The lowest BCUT2D eigenvalue weighted by molar-refractivity contribution is 0.0118. The molecule has 2 fully saturated rings. The van der Waals surface area contributed by atoms with E-state index >= 15 is 0 Å². The molecule has 6 rings (SSSR count). The highest BCUT2D eigenvalue weighted by atomic mass is 35.5. The van der Waals surface area contributed by atoms with Crippen molar-refractivity contribution < 1.29 is 23.2 Å². The van der Waals surface area contributed by atoms with E-state index in [1.54, 1.807) is 21.3 Å². The highest BCUT2D eigenvalue weighted by molar-refractivity contribution is 7.84. The van der Waals surface area contributed by atoms with Crippen LogP contribution in [0.25, 0.3) is 0 Å². The topological polar surface area (TPSA) is 83.6 Å². The maximum atomic E-state index is 13.5. The molecule has 4 aliphatic rings. The van der Waals surface area contributed by atoms with Crippen LogP contribution in [0.3, 0.4) is 0 Å². The molecule has 3 heterocycles. The van der Waals surface area contributed by atoms with E-state index in [-0.39, 0.29) is 23.0 Å². The molecule has 53 heavy (non-hydrogen) atoms. The van der Waals surface area contributed by atoms with Gasteiger partial charge in [-0.3, -0.25) is 19.3 Å². The van der Waals surface area contributed by atoms with E-state index < -0.39 is 11.0 Å². The number of fused-ring (bicyclic) bond motifs is 2. The number of hydrogen-bond donors (Lipinski definition) is 1. The number of likely N-dealkylation sites (N-methyl/N-ethyl adjacent to an activating group) is 1. The van der Waals surface area contributed by atoms with Crippen molar-refractivity contribution in [3.63, 3.8) is 0 Å². The molecule has 0 spiro atoms. The molecule has 0 radical (unpaired) electrons. The van der Waals surface area contributed by atoms with Crippen LogP contribution >= 0.6 is 11.6 Å². The minimum atomic E-state index is -1.50. The molecule has 1 aliphatic carbocycles. The van der Waals surface area contributed by atoms with Gasteiger partial charge in [-0.25, -0.2) is 4.21 Å². The van der Waals surface area contributed by atoms with Gasteiger partial charge in [-0.2, -0.15) is 0 Å². The first-order chi connectivity index (χ1) is 25.6. The van der Waals surface area contributed by atoms with Gasteiger partial charge in [0.15, 0.2) is 0 Å². The average Bonchev–Trinajstić information content (AvgIpc) is 3.28. The number of methoxy groups -OCH3 is 2. The fraction of sp³-hybridized carbons (Fsp3) is 0.643. The van der Waals surface area contributed by atoms with Crippen molar-refractivity contribution >= 4 is 34.2 Å². The summed E-state index contributed by atoms with van der Waals surface area (Å²) in [5, 5.41) is 0.589. The molecule has 3 aliphatic heterocycles. The van der Waals surface area contributed by atoms with Crippen molar-refractivity contribution in [3.8, 4) is 5.75 Å². The predicted molar refractivity (Wildman–Crippen MR) is 218 cm³/mol. The van der Waals surface area contributed by atoms with Gasteiger partial charge in [-0.05, 0) is 105 Å². The summed E-state index contributed by atoms with van der Waals surface area (Å²) in [5.41, 5.74) is 4.04. The molecule has 9 nitrogen and oxygen atoms in total. The first-order valence-corrected chi connectivity index (χ1v) is 21.2. The third-order valence-corrected chi connectivity index (χ3v) is 13.7. The number of carbonyl (C=O) groups excluding carboxylic acids is 1. The third kappa shape index (κ3) is 10.6. The highest BCUT2D eigenvalue weighted by Gasteiger charge is 2.41. The Morgan fingerprint density at radius 3 is 2.53 bits per heavy atom. The lowest BCUT2D eigenvalue weighted by Gasteiger charge is -2.49. The number of nitrogens with zero attached hydrogens (tertiary/aromatic N) is 3. The first kappa shape index (κ1) is 41.7. The summed E-state index contributed by atoms with van der Waals surface area (Å²) in [6.45, 7) is 13.6. The second kappa shape index (κ2) is 19.9. The molecule has 2 aromatic rings. The Morgan fingerprint density at radius 1 is 1.06 bits per heavy atom. The van der Waals surface area contributed by atoms with Crippen molar-refractivity contribution in [1.29, 1.82) is 0 Å². The molecule has 7 unspecified atom stereocenters. The van der Waals surface area contributed by atoms with Gasteiger partial charge in [0.25, 0.3) is 5.91 Å². The van der Waals surface area contributed by atoms with Crippen LogP contribution in [0, 0.1) is 23.7 Å². The van der Waals surface area contributed by atoms with Gasteiger partial charge < -0.3 is 19.1 Å². The van der Waals surface area contributed by atoms with E-state index in [4.69, 9.17) is 21.1 Å². The van der Waals surface area contributed by atoms with Crippen molar-refractivity contribution in [2.24, 2.45) is 23.7 Å². The van der Waals surface area contributed by atoms with Gasteiger partial charge in [0.05, 0.1) is 24.2 Å². The van der Waals surface area contributed by atoms with E-state index in [0.717, 1.165) is 81.6 Å². The highest BCUT2D eigenvalue weighted by Crippen LogP contribution is 2.45. The maximum absolute atomic E-state index is 13.5. The summed E-state index contributed by atoms with van der Waals surface area (Å²) in [4.78, 5) is 21.0. The Balaban J connectivity index is 0.00000175. The molecule has 1 N–H and O–H groups in total.